The first-order chi connectivity index (χ1) is 5.79. The highest BCUT2D eigenvalue weighted by atomic mass is 32.2. The van der Waals surface area contributed by atoms with Crippen LogP contribution in [0.1, 0.15) is 20.3 Å². The highest BCUT2D eigenvalue weighted by molar-refractivity contribution is 7.87. The van der Waals surface area contributed by atoms with Gasteiger partial charge in [0.1, 0.15) is 0 Å². The molecule has 0 aromatic carbocycles. The lowest BCUT2D eigenvalue weighted by molar-refractivity contribution is -0.0645. The average molecular weight is 208 g/mol. The van der Waals surface area contributed by atoms with Crippen molar-refractivity contribution in [3.05, 3.63) is 0 Å². The molecule has 5 nitrogen and oxygen atoms in total. The number of hydrogen-bond donors (Lipinski definition) is 3. The van der Waals surface area contributed by atoms with Gasteiger partial charge in [-0.1, -0.05) is 13.8 Å². The summed E-state index contributed by atoms with van der Waals surface area (Å²) in [6.07, 6.45) is 0.0607. The fourth-order valence-electron chi connectivity index (χ4n) is 1.35. The molecule has 0 bridgehead atoms. The molecule has 1 aliphatic carbocycles. The highest BCUT2D eigenvalue weighted by Crippen LogP contribution is 2.40. The summed E-state index contributed by atoms with van der Waals surface area (Å²) in [4.78, 5) is 0. The van der Waals surface area contributed by atoms with E-state index in [-0.39, 0.29) is 11.5 Å². The standard InChI is InChI=1S/C7H16N2O3S/c1-7(2)5(4-6(7)10)9-13(11,12)8-3/h5-6,8-10H,4H2,1-3H3. The Morgan fingerprint density at radius 3 is 2.31 bits per heavy atom. The lowest BCUT2D eigenvalue weighted by Gasteiger charge is -2.49. The topological polar surface area (TPSA) is 78.4 Å². The molecule has 1 aliphatic rings. The summed E-state index contributed by atoms with van der Waals surface area (Å²) < 4.78 is 26.8. The Morgan fingerprint density at radius 2 is 2.00 bits per heavy atom. The molecular formula is C7H16N2O3S. The van der Waals surface area contributed by atoms with Crippen molar-refractivity contribution in [2.24, 2.45) is 5.41 Å². The van der Waals surface area contributed by atoms with Crippen LogP contribution >= 0.6 is 0 Å². The van der Waals surface area contributed by atoms with Gasteiger partial charge >= 0.3 is 0 Å². The van der Waals surface area contributed by atoms with Crippen LogP contribution < -0.4 is 9.44 Å². The van der Waals surface area contributed by atoms with Crippen LogP contribution in [-0.2, 0) is 10.2 Å². The van der Waals surface area contributed by atoms with E-state index in [9.17, 15) is 13.5 Å². The van der Waals surface area contributed by atoms with Crippen molar-refractivity contribution in [3.8, 4) is 0 Å². The molecule has 1 fully saturated rings. The van der Waals surface area contributed by atoms with Gasteiger partial charge in [-0.3, -0.25) is 0 Å². The fraction of sp³-hybridized carbons (Fsp3) is 1.00. The molecule has 0 saturated heterocycles. The van der Waals surface area contributed by atoms with Crippen LogP contribution in [-0.4, -0.2) is 32.7 Å². The molecule has 0 aromatic rings. The molecule has 2 unspecified atom stereocenters. The van der Waals surface area contributed by atoms with E-state index in [1.807, 2.05) is 13.8 Å². The van der Waals surface area contributed by atoms with Crippen molar-refractivity contribution >= 4 is 10.2 Å². The Labute approximate surface area is 78.7 Å². The molecule has 0 aliphatic heterocycles. The van der Waals surface area contributed by atoms with E-state index in [0.717, 1.165) is 0 Å². The minimum atomic E-state index is -3.39. The molecule has 1 rings (SSSR count). The van der Waals surface area contributed by atoms with E-state index in [1.54, 1.807) is 0 Å². The molecule has 78 valence electrons. The van der Waals surface area contributed by atoms with Crippen LogP contribution in [0.5, 0.6) is 0 Å². The summed E-state index contributed by atoms with van der Waals surface area (Å²) in [5.41, 5.74) is -0.371. The van der Waals surface area contributed by atoms with Crippen molar-refractivity contribution < 1.29 is 13.5 Å². The van der Waals surface area contributed by atoms with Crippen molar-refractivity contribution in [2.45, 2.75) is 32.4 Å². The zero-order valence-corrected chi connectivity index (χ0v) is 8.85. The Kier molecular flexibility index (Phi) is 2.68. The van der Waals surface area contributed by atoms with Gasteiger partial charge in [-0.2, -0.15) is 13.1 Å². The maximum atomic E-state index is 11.1. The predicted molar refractivity (Wildman–Crippen MR) is 49.3 cm³/mol. The van der Waals surface area contributed by atoms with Gasteiger partial charge in [-0.25, -0.2) is 4.72 Å². The molecule has 2 atom stereocenters. The first-order valence-corrected chi connectivity index (χ1v) is 5.67. The van der Waals surface area contributed by atoms with Gasteiger partial charge in [0.25, 0.3) is 10.2 Å². The lowest BCUT2D eigenvalue weighted by Crippen LogP contribution is -2.62. The maximum absolute atomic E-state index is 11.1. The van der Waals surface area contributed by atoms with E-state index in [2.05, 4.69) is 9.44 Å². The Balaban J connectivity index is 2.60. The first kappa shape index (κ1) is 10.9. The number of hydrogen-bond acceptors (Lipinski definition) is 3. The normalized spacial score (nSPS) is 32.6. The zero-order chi connectivity index (χ0) is 10.3. The minimum Gasteiger partial charge on any atom is -0.392 e. The molecule has 0 aromatic heterocycles. The lowest BCUT2D eigenvalue weighted by atomic mass is 9.65. The second-order valence-electron chi connectivity index (χ2n) is 3.95. The fourth-order valence-corrected chi connectivity index (χ4v) is 2.24. The molecule has 0 radical (unpaired) electrons. The van der Waals surface area contributed by atoms with Crippen molar-refractivity contribution in [2.75, 3.05) is 7.05 Å². The van der Waals surface area contributed by atoms with Crippen LogP contribution in [0.25, 0.3) is 0 Å². The van der Waals surface area contributed by atoms with Gasteiger partial charge < -0.3 is 5.11 Å². The predicted octanol–water partition coefficient (Wildman–Crippen LogP) is -0.800. The van der Waals surface area contributed by atoms with E-state index < -0.39 is 16.3 Å². The van der Waals surface area contributed by atoms with Gasteiger partial charge in [0, 0.05) is 18.5 Å². The van der Waals surface area contributed by atoms with E-state index >= 15 is 0 Å². The Hall–Kier alpha value is -0.170. The number of aliphatic hydroxyl groups is 1. The van der Waals surface area contributed by atoms with Gasteiger partial charge in [-0.15, -0.1) is 0 Å². The monoisotopic (exact) mass is 208 g/mol. The van der Waals surface area contributed by atoms with Gasteiger partial charge in [0.15, 0.2) is 0 Å². The van der Waals surface area contributed by atoms with Gasteiger partial charge in [0.2, 0.25) is 0 Å². The number of rotatable bonds is 3. The van der Waals surface area contributed by atoms with E-state index in [0.29, 0.717) is 6.42 Å². The second-order valence-corrected chi connectivity index (χ2v) is 5.60. The SMILES string of the molecule is CNS(=O)(=O)NC1CC(O)C1(C)C. The average Bonchev–Trinajstić information content (AvgIpc) is 2.04. The molecule has 0 heterocycles. The minimum absolute atomic E-state index is 0.181. The first-order valence-electron chi connectivity index (χ1n) is 4.18. The zero-order valence-electron chi connectivity index (χ0n) is 8.03. The molecule has 0 spiro atoms. The summed E-state index contributed by atoms with van der Waals surface area (Å²) >= 11 is 0. The molecule has 6 heteroatoms. The second kappa shape index (κ2) is 3.20. The summed E-state index contributed by atoms with van der Waals surface area (Å²) in [5, 5.41) is 9.36. The van der Waals surface area contributed by atoms with E-state index in [4.69, 9.17) is 0 Å². The van der Waals surface area contributed by atoms with E-state index in [1.165, 1.54) is 7.05 Å². The number of nitrogens with one attached hydrogen (secondary N) is 2. The van der Waals surface area contributed by atoms with Crippen molar-refractivity contribution in [1.82, 2.24) is 9.44 Å². The third-order valence-electron chi connectivity index (χ3n) is 2.78. The molecule has 3 N–H and O–H groups in total. The van der Waals surface area contributed by atoms with Crippen LogP contribution in [0.4, 0.5) is 0 Å². The molecule has 1 saturated carbocycles. The summed E-state index contributed by atoms with van der Waals surface area (Å²) in [6.45, 7) is 3.67. The smallest absolute Gasteiger partial charge is 0.276 e. The maximum Gasteiger partial charge on any atom is 0.276 e. The Morgan fingerprint density at radius 1 is 1.46 bits per heavy atom. The Bertz CT molecular complexity index is 286. The summed E-state index contributed by atoms with van der Waals surface area (Å²) in [5.74, 6) is 0. The van der Waals surface area contributed by atoms with Crippen LogP contribution in [0.15, 0.2) is 0 Å². The van der Waals surface area contributed by atoms with Gasteiger partial charge in [-0.05, 0) is 6.42 Å². The van der Waals surface area contributed by atoms with Gasteiger partial charge in [0.05, 0.1) is 6.10 Å². The molecule has 0 amide bonds. The molecule has 13 heavy (non-hydrogen) atoms. The summed E-state index contributed by atoms with van der Waals surface area (Å²) in [7, 11) is -2.03. The van der Waals surface area contributed by atoms with Crippen LogP contribution in [0.2, 0.25) is 0 Å². The number of aliphatic hydroxyl groups excluding tert-OH is 1. The molecular weight excluding hydrogens is 192 g/mol. The largest absolute Gasteiger partial charge is 0.392 e. The highest BCUT2D eigenvalue weighted by Gasteiger charge is 2.48. The van der Waals surface area contributed by atoms with Crippen molar-refractivity contribution in [1.29, 1.82) is 0 Å². The quantitative estimate of drug-likeness (QED) is 0.568. The third kappa shape index (κ3) is 2.01. The van der Waals surface area contributed by atoms with Crippen LogP contribution in [0, 0.1) is 5.41 Å². The van der Waals surface area contributed by atoms with Crippen molar-refractivity contribution in [3.63, 3.8) is 0 Å². The third-order valence-corrected chi connectivity index (χ3v) is 3.91. The van der Waals surface area contributed by atoms with Crippen LogP contribution in [0.3, 0.4) is 0 Å². The summed E-state index contributed by atoms with van der Waals surface area (Å²) in [6, 6.07) is -0.181.